The number of hydrogen-bond acceptors (Lipinski definition) is 4. The van der Waals surface area contributed by atoms with Gasteiger partial charge in [0.1, 0.15) is 6.04 Å². The number of rotatable bonds is 3. The second kappa shape index (κ2) is 4.96. The summed E-state index contributed by atoms with van der Waals surface area (Å²) in [6, 6.07) is 2.49. The van der Waals surface area contributed by atoms with Crippen LogP contribution >= 0.6 is 11.3 Å². The third-order valence-corrected chi connectivity index (χ3v) is 3.15. The maximum atomic E-state index is 11.6. The second-order valence-electron chi connectivity index (χ2n) is 3.58. The van der Waals surface area contributed by atoms with E-state index in [9.17, 15) is 14.4 Å². The predicted octanol–water partition coefficient (Wildman–Crippen LogP) is -0.385. The summed E-state index contributed by atoms with van der Waals surface area (Å²) in [6.45, 7) is 0.126. The summed E-state index contributed by atoms with van der Waals surface area (Å²) in [5, 5.41) is 8.99. The van der Waals surface area contributed by atoms with Crippen molar-refractivity contribution in [1.29, 1.82) is 0 Å². The lowest BCUT2D eigenvalue weighted by atomic mass is 10.2. The Kier molecular flexibility index (Phi) is 3.38. The fourth-order valence-corrected chi connectivity index (χ4v) is 2.17. The lowest BCUT2D eigenvalue weighted by Gasteiger charge is -2.22. The van der Waals surface area contributed by atoms with Gasteiger partial charge in [0.15, 0.2) is 0 Å². The normalized spacial score (nSPS) is 19.4. The first-order valence-corrected chi connectivity index (χ1v) is 5.93. The lowest BCUT2D eigenvalue weighted by Crippen LogP contribution is -2.61. The lowest BCUT2D eigenvalue weighted by molar-refractivity contribution is -0.128. The quantitative estimate of drug-likeness (QED) is 0.686. The Labute approximate surface area is 101 Å². The molecule has 0 aromatic carbocycles. The summed E-state index contributed by atoms with van der Waals surface area (Å²) in [4.78, 5) is 34.7. The van der Waals surface area contributed by atoms with Crippen molar-refractivity contribution in [2.75, 3.05) is 6.54 Å². The molecular weight excluding hydrogens is 242 g/mol. The highest BCUT2D eigenvalue weighted by Crippen LogP contribution is 2.08. The van der Waals surface area contributed by atoms with E-state index in [1.54, 1.807) is 0 Å². The van der Waals surface area contributed by atoms with Crippen LogP contribution < -0.4 is 16.0 Å². The van der Waals surface area contributed by atoms with E-state index in [0.29, 0.717) is 0 Å². The van der Waals surface area contributed by atoms with Gasteiger partial charge in [0.05, 0.1) is 6.42 Å². The Morgan fingerprint density at radius 2 is 2.35 bits per heavy atom. The molecule has 1 unspecified atom stereocenters. The van der Waals surface area contributed by atoms with E-state index in [-0.39, 0.29) is 18.9 Å². The summed E-state index contributed by atoms with van der Waals surface area (Å²) >= 11 is 1.48. The number of nitrogens with one attached hydrogen (secondary N) is 3. The van der Waals surface area contributed by atoms with Crippen LogP contribution in [0.1, 0.15) is 4.88 Å². The fourth-order valence-electron chi connectivity index (χ4n) is 1.46. The zero-order valence-electron chi connectivity index (χ0n) is 8.86. The van der Waals surface area contributed by atoms with Crippen molar-refractivity contribution in [2.24, 2.45) is 0 Å². The van der Waals surface area contributed by atoms with Crippen molar-refractivity contribution >= 4 is 29.2 Å². The third-order valence-electron chi connectivity index (χ3n) is 2.27. The van der Waals surface area contributed by atoms with Gasteiger partial charge < -0.3 is 10.6 Å². The maximum absolute atomic E-state index is 11.6. The number of carbonyl (C=O) groups excluding carboxylic acids is 3. The molecule has 6 nitrogen and oxygen atoms in total. The Morgan fingerprint density at radius 3 is 3.00 bits per heavy atom. The van der Waals surface area contributed by atoms with Crippen molar-refractivity contribution in [3.05, 3.63) is 22.4 Å². The van der Waals surface area contributed by atoms with Gasteiger partial charge in [0.2, 0.25) is 5.91 Å². The Balaban J connectivity index is 1.86. The van der Waals surface area contributed by atoms with Crippen LogP contribution in [-0.2, 0) is 16.0 Å². The molecule has 1 aromatic heterocycles. The van der Waals surface area contributed by atoms with Crippen LogP contribution in [0.3, 0.4) is 0 Å². The van der Waals surface area contributed by atoms with Gasteiger partial charge in [-0.05, 0) is 11.4 Å². The molecule has 0 radical (unpaired) electrons. The van der Waals surface area contributed by atoms with Gasteiger partial charge in [-0.2, -0.15) is 0 Å². The number of thiophene rings is 1. The number of carbonyl (C=O) groups is 3. The van der Waals surface area contributed by atoms with E-state index in [2.05, 4.69) is 16.0 Å². The molecule has 2 heterocycles. The number of amides is 4. The first-order valence-electron chi connectivity index (χ1n) is 5.05. The predicted molar refractivity (Wildman–Crippen MR) is 61.5 cm³/mol. The Hall–Kier alpha value is -1.89. The van der Waals surface area contributed by atoms with Crippen LogP contribution in [0.15, 0.2) is 17.5 Å². The summed E-state index contributed by atoms with van der Waals surface area (Å²) in [6.07, 6.45) is 0.245. The molecule has 1 saturated heterocycles. The molecule has 7 heteroatoms. The smallest absolute Gasteiger partial charge is 0.321 e. The fraction of sp³-hybridized carbons (Fsp3) is 0.300. The van der Waals surface area contributed by atoms with Gasteiger partial charge in [-0.15, -0.1) is 11.3 Å². The van der Waals surface area contributed by atoms with Crippen LogP contribution in [0.2, 0.25) is 0 Å². The second-order valence-corrected chi connectivity index (χ2v) is 4.61. The van der Waals surface area contributed by atoms with Crippen molar-refractivity contribution in [1.82, 2.24) is 16.0 Å². The topological polar surface area (TPSA) is 87.3 Å². The van der Waals surface area contributed by atoms with Gasteiger partial charge >= 0.3 is 6.03 Å². The molecule has 1 aliphatic heterocycles. The summed E-state index contributed by atoms with van der Waals surface area (Å²) in [5.41, 5.74) is 0. The van der Waals surface area contributed by atoms with Crippen molar-refractivity contribution in [3.8, 4) is 0 Å². The molecule has 0 aliphatic carbocycles. The Bertz CT molecular complexity index is 444. The average molecular weight is 253 g/mol. The summed E-state index contributed by atoms with van der Waals surface area (Å²) < 4.78 is 0. The minimum atomic E-state index is -0.694. The molecule has 1 fully saturated rings. The largest absolute Gasteiger partial charge is 0.342 e. The summed E-state index contributed by atoms with van der Waals surface area (Å²) in [7, 11) is 0. The van der Waals surface area contributed by atoms with Gasteiger partial charge in [0, 0.05) is 11.4 Å². The molecule has 0 spiro atoms. The highest BCUT2D eigenvalue weighted by atomic mass is 32.1. The molecule has 1 atom stereocenters. The molecule has 0 bridgehead atoms. The molecule has 90 valence electrons. The van der Waals surface area contributed by atoms with Gasteiger partial charge in [-0.1, -0.05) is 6.07 Å². The minimum absolute atomic E-state index is 0.126. The maximum Gasteiger partial charge on any atom is 0.321 e. The highest BCUT2D eigenvalue weighted by molar-refractivity contribution is 7.10. The molecule has 3 N–H and O–H groups in total. The number of urea groups is 1. The van der Waals surface area contributed by atoms with Gasteiger partial charge in [-0.25, -0.2) is 4.79 Å². The first-order chi connectivity index (χ1) is 8.15. The Morgan fingerprint density at radius 1 is 1.53 bits per heavy atom. The van der Waals surface area contributed by atoms with Crippen molar-refractivity contribution < 1.29 is 14.4 Å². The minimum Gasteiger partial charge on any atom is -0.342 e. The van der Waals surface area contributed by atoms with Crippen LogP contribution in [0, 0.1) is 0 Å². The van der Waals surface area contributed by atoms with E-state index >= 15 is 0 Å². The zero-order chi connectivity index (χ0) is 12.3. The molecule has 17 heavy (non-hydrogen) atoms. The van der Waals surface area contributed by atoms with Crippen LogP contribution in [0.5, 0.6) is 0 Å². The molecule has 1 aromatic rings. The molecule has 2 rings (SSSR count). The summed E-state index contributed by atoms with van der Waals surface area (Å²) in [5.74, 6) is -0.711. The van der Waals surface area contributed by atoms with Gasteiger partial charge in [0.25, 0.3) is 5.91 Å². The van der Waals surface area contributed by atoms with Crippen LogP contribution in [0.25, 0.3) is 0 Å². The molecule has 4 amide bonds. The van der Waals surface area contributed by atoms with E-state index < -0.39 is 18.0 Å². The van der Waals surface area contributed by atoms with E-state index in [4.69, 9.17) is 0 Å². The van der Waals surface area contributed by atoms with Crippen LogP contribution in [-0.4, -0.2) is 30.4 Å². The third kappa shape index (κ3) is 3.04. The SMILES string of the molecule is O=C(Cc1cccs1)NC1CNC(=O)NC1=O. The van der Waals surface area contributed by atoms with Gasteiger partial charge in [-0.3, -0.25) is 14.9 Å². The standard InChI is InChI=1S/C10H11N3O3S/c14-8(4-6-2-1-3-17-6)12-7-5-11-10(16)13-9(7)15/h1-3,7H,4-5H2,(H,12,14)(H2,11,13,15,16). The number of imide groups is 1. The molecular formula is C10H11N3O3S. The highest BCUT2D eigenvalue weighted by Gasteiger charge is 2.27. The molecule has 0 saturated carbocycles. The van der Waals surface area contributed by atoms with Crippen molar-refractivity contribution in [3.63, 3.8) is 0 Å². The van der Waals surface area contributed by atoms with E-state index in [1.165, 1.54) is 11.3 Å². The average Bonchev–Trinajstić information content (AvgIpc) is 2.75. The van der Waals surface area contributed by atoms with E-state index in [0.717, 1.165) is 4.88 Å². The number of hydrogen-bond donors (Lipinski definition) is 3. The monoisotopic (exact) mass is 253 g/mol. The zero-order valence-corrected chi connectivity index (χ0v) is 9.67. The first kappa shape index (κ1) is 11.6. The van der Waals surface area contributed by atoms with E-state index in [1.807, 2.05) is 17.5 Å². The van der Waals surface area contributed by atoms with Crippen molar-refractivity contribution in [2.45, 2.75) is 12.5 Å². The van der Waals surface area contributed by atoms with Crippen LogP contribution in [0.4, 0.5) is 4.79 Å². The molecule has 1 aliphatic rings.